The van der Waals surface area contributed by atoms with Crippen LogP contribution in [0.1, 0.15) is 67.2 Å². The molecule has 2 atom stereocenters. The molecule has 1 rings (SSSR count). The Hall–Kier alpha value is -0.120. The van der Waals surface area contributed by atoms with Crippen LogP contribution < -0.4 is 0 Å². The average molecular weight is 340 g/mol. The van der Waals surface area contributed by atoms with Gasteiger partial charge in [0.05, 0.1) is 0 Å². The molecule has 0 N–H and O–H groups in total. The minimum absolute atomic E-state index is 0.644. The van der Waals surface area contributed by atoms with Crippen LogP contribution in [0.2, 0.25) is 0 Å². The van der Waals surface area contributed by atoms with E-state index in [1.54, 1.807) is 0 Å². The summed E-state index contributed by atoms with van der Waals surface area (Å²) < 4.78 is 0. The van der Waals surface area contributed by atoms with Gasteiger partial charge in [0.25, 0.3) is 0 Å². The van der Waals surface area contributed by atoms with E-state index in [2.05, 4.69) is 70.3 Å². The summed E-state index contributed by atoms with van der Waals surface area (Å²) in [5, 5.41) is 0. The van der Waals surface area contributed by atoms with Gasteiger partial charge in [-0.15, -0.1) is 0 Å². The van der Waals surface area contributed by atoms with Gasteiger partial charge in [0.15, 0.2) is 0 Å². The molecule has 0 bridgehead atoms. The normalized spacial score (nSPS) is 20.5. The molecule has 1 saturated heterocycles. The number of hydrogen-bond acceptors (Lipinski definition) is 3. The van der Waals surface area contributed by atoms with E-state index in [1.165, 1.54) is 51.9 Å². The Bertz CT molecular complexity index is 321. The summed E-state index contributed by atoms with van der Waals surface area (Å²) in [6.07, 6.45) is 5.54. The Morgan fingerprint density at radius 1 is 0.833 bits per heavy atom. The molecule has 2 unspecified atom stereocenters. The van der Waals surface area contributed by atoms with Crippen LogP contribution in [0.3, 0.4) is 0 Å². The van der Waals surface area contributed by atoms with Crippen LogP contribution in [-0.2, 0) is 0 Å². The molecule has 0 aliphatic carbocycles. The van der Waals surface area contributed by atoms with Crippen molar-refractivity contribution >= 4 is 0 Å². The molecule has 1 aliphatic heterocycles. The number of rotatable bonds is 10. The van der Waals surface area contributed by atoms with Crippen molar-refractivity contribution in [3.63, 3.8) is 0 Å². The van der Waals surface area contributed by atoms with E-state index >= 15 is 0 Å². The minimum Gasteiger partial charge on any atom is -0.303 e. The average Bonchev–Trinajstić information content (AvgIpc) is 2.56. The molecule has 0 saturated carbocycles. The second-order valence-corrected chi connectivity index (χ2v) is 8.93. The van der Waals surface area contributed by atoms with E-state index in [0.29, 0.717) is 12.1 Å². The summed E-state index contributed by atoms with van der Waals surface area (Å²) >= 11 is 0. The van der Waals surface area contributed by atoms with E-state index in [9.17, 15) is 0 Å². The second kappa shape index (κ2) is 10.8. The zero-order valence-corrected chi connectivity index (χ0v) is 17.9. The van der Waals surface area contributed by atoms with Gasteiger partial charge < -0.3 is 14.7 Å². The van der Waals surface area contributed by atoms with Gasteiger partial charge in [0.2, 0.25) is 0 Å². The van der Waals surface area contributed by atoms with Crippen molar-refractivity contribution in [3.8, 4) is 0 Å². The molecule has 0 aromatic rings. The third-order valence-corrected chi connectivity index (χ3v) is 6.59. The lowest BCUT2D eigenvalue weighted by atomic mass is 9.82. The van der Waals surface area contributed by atoms with Gasteiger partial charge in [-0.3, -0.25) is 0 Å². The van der Waals surface area contributed by atoms with Crippen LogP contribution in [-0.4, -0.2) is 73.1 Å². The quantitative estimate of drug-likeness (QED) is 0.591. The van der Waals surface area contributed by atoms with Crippen LogP contribution in [0, 0.1) is 11.8 Å². The zero-order valence-electron chi connectivity index (χ0n) is 17.9. The third kappa shape index (κ3) is 7.41. The highest BCUT2D eigenvalue weighted by Crippen LogP contribution is 2.29. The summed E-state index contributed by atoms with van der Waals surface area (Å²) in [7, 11) is 4.53. The van der Waals surface area contributed by atoms with Crippen molar-refractivity contribution in [1.29, 1.82) is 0 Å². The molecule has 1 aliphatic rings. The van der Waals surface area contributed by atoms with Gasteiger partial charge in [-0.2, -0.15) is 0 Å². The number of likely N-dealkylation sites (N-methyl/N-ethyl adjacent to an activating group) is 2. The molecule has 1 heterocycles. The van der Waals surface area contributed by atoms with Crippen molar-refractivity contribution in [2.45, 2.75) is 85.4 Å². The fraction of sp³-hybridized carbons (Fsp3) is 1.00. The molecule has 0 aromatic carbocycles. The van der Waals surface area contributed by atoms with Crippen molar-refractivity contribution in [3.05, 3.63) is 0 Å². The number of piperidine rings is 1. The standard InChI is InChI=1S/C21H45N3/c1-17(2)22(7)15-16-23(8)20(6)10-9-19(5)21-11-13-24(14-12-21)18(3)4/h17-21H,9-16H2,1-8H3. The molecule has 3 heteroatoms. The van der Waals surface area contributed by atoms with Gasteiger partial charge in [-0.1, -0.05) is 6.92 Å². The Balaban J connectivity index is 2.24. The van der Waals surface area contributed by atoms with Gasteiger partial charge in [0, 0.05) is 31.2 Å². The lowest BCUT2D eigenvalue weighted by Crippen LogP contribution is -2.40. The van der Waals surface area contributed by atoms with Gasteiger partial charge in [0.1, 0.15) is 0 Å². The second-order valence-electron chi connectivity index (χ2n) is 8.93. The van der Waals surface area contributed by atoms with Gasteiger partial charge >= 0.3 is 0 Å². The third-order valence-electron chi connectivity index (χ3n) is 6.59. The van der Waals surface area contributed by atoms with Crippen LogP contribution in [0.25, 0.3) is 0 Å². The molecule has 144 valence electrons. The van der Waals surface area contributed by atoms with E-state index in [4.69, 9.17) is 0 Å². The summed E-state index contributed by atoms with van der Waals surface area (Å²) in [5.74, 6) is 1.83. The molecule has 24 heavy (non-hydrogen) atoms. The number of likely N-dealkylation sites (tertiary alicyclic amines) is 1. The van der Waals surface area contributed by atoms with Crippen LogP contribution in [0.15, 0.2) is 0 Å². The first-order valence-corrected chi connectivity index (χ1v) is 10.4. The Labute approximate surface area is 152 Å². The maximum atomic E-state index is 2.64. The van der Waals surface area contributed by atoms with Gasteiger partial charge in [-0.25, -0.2) is 0 Å². The SMILES string of the molecule is CC(CCC(C)N(C)CCN(C)C(C)C)C1CCN(C(C)C)CC1. The van der Waals surface area contributed by atoms with Crippen molar-refractivity contribution in [1.82, 2.24) is 14.7 Å². The lowest BCUT2D eigenvalue weighted by molar-refractivity contribution is 0.117. The van der Waals surface area contributed by atoms with Crippen molar-refractivity contribution < 1.29 is 0 Å². The molecule has 0 spiro atoms. The zero-order chi connectivity index (χ0) is 18.3. The first kappa shape index (κ1) is 21.9. The fourth-order valence-electron chi connectivity index (χ4n) is 3.76. The highest BCUT2D eigenvalue weighted by atomic mass is 15.2. The van der Waals surface area contributed by atoms with Crippen LogP contribution in [0.5, 0.6) is 0 Å². The summed E-state index contributed by atoms with van der Waals surface area (Å²) in [4.78, 5) is 7.63. The minimum atomic E-state index is 0.644. The van der Waals surface area contributed by atoms with Crippen molar-refractivity contribution in [2.75, 3.05) is 40.3 Å². The molecule has 1 fully saturated rings. The predicted molar refractivity (Wildman–Crippen MR) is 108 cm³/mol. The lowest BCUT2D eigenvalue weighted by Gasteiger charge is -2.37. The fourth-order valence-corrected chi connectivity index (χ4v) is 3.76. The first-order chi connectivity index (χ1) is 11.2. The summed E-state index contributed by atoms with van der Waals surface area (Å²) in [5.41, 5.74) is 0. The summed E-state index contributed by atoms with van der Waals surface area (Å²) in [6, 6.07) is 2.06. The molecule has 0 amide bonds. The predicted octanol–water partition coefficient (Wildman–Crippen LogP) is 4.18. The highest BCUT2D eigenvalue weighted by molar-refractivity contribution is 4.78. The smallest absolute Gasteiger partial charge is 0.0109 e. The summed E-state index contributed by atoms with van der Waals surface area (Å²) in [6.45, 7) is 19.1. The maximum Gasteiger partial charge on any atom is 0.0109 e. The Kier molecular flexibility index (Phi) is 9.84. The number of hydrogen-bond donors (Lipinski definition) is 0. The molecular weight excluding hydrogens is 294 g/mol. The van der Waals surface area contributed by atoms with E-state index < -0.39 is 0 Å². The van der Waals surface area contributed by atoms with Gasteiger partial charge in [-0.05, 0) is 99.3 Å². The monoisotopic (exact) mass is 339 g/mol. The largest absolute Gasteiger partial charge is 0.303 e. The Morgan fingerprint density at radius 3 is 1.88 bits per heavy atom. The van der Waals surface area contributed by atoms with E-state index in [-0.39, 0.29) is 0 Å². The first-order valence-electron chi connectivity index (χ1n) is 10.4. The maximum absolute atomic E-state index is 2.64. The topological polar surface area (TPSA) is 9.72 Å². The molecule has 0 radical (unpaired) electrons. The van der Waals surface area contributed by atoms with E-state index in [1.807, 2.05) is 0 Å². The van der Waals surface area contributed by atoms with Crippen LogP contribution >= 0.6 is 0 Å². The van der Waals surface area contributed by atoms with Crippen LogP contribution in [0.4, 0.5) is 0 Å². The molecule has 0 aromatic heterocycles. The van der Waals surface area contributed by atoms with Crippen molar-refractivity contribution in [2.24, 2.45) is 11.8 Å². The highest BCUT2D eigenvalue weighted by Gasteiger charge is 2.25. The van der Waals surface area contributed by atoms with E-state index in [0.717, 1.165) is 17.9 Å². The number of nitrogens with zero attached hydrogens (tertiary/aromatic N) is 3. The Morgan fingerprint density at radius 2 is 1.38 bits per heavy atom. The molecule has 3 nitrogen and oxygen atoms in total. The molecular formula is C21H45N3.